The molecule has 3 nitrogen and oxygen atoms in total. The van der Waals surface area contributed by atoms with Gasteiger partial charge in [0.1, 0.15) is 0 Å². The van der Waals surface area contributed by atoms with Crippen molar-refractivity contribution in [3.63, 3.8) is 0 Å². The number of hydrogen-bond acceptors (Lipinski definition) is 4. The van der Waals surface area contributed by atoms with Crippen molar-refractivity contribution in [1.29, 1.82) is 0 Å². The molecule has 0 aliphatic carbocycles. The number of nitrogens with two attached hydrogens (primary N) is 1. The second-order valence-corrected chi connectivity index (χ2v) is 5.67. The Morgan fingerprint density at radius 1 is 1.29 bits per heavy atom. The lowest BCUT2D eigenvalue weighted by molar-refractivity contribution is 1.01. The fourth-order valence-corrected chi connectivity index (χ4v) is 2.43. The Hall–Kier alpha value is -0.910. The second kappa shape index (κ2) is 6.14. The molecule has 0 amide bonds. The first kappa shape index (κ1) is 12.5. The Kier molecular flexibility index (Phi) is 4.53. The van der Waals surface area contributed by atoms with E-state index in [0.29, 0.717) is 6.54 Å². The van der Waals surface area contributed by atoms with E-state index in [4.69, 9.17) is 5.73 Å². The number of anilines is 1. The van der Waals surface area contributed by atoms with Gasteiger partial charge in [-0.05, 0) is 24.1 Å². The van der Waals surface area contributed by atoms with E-state index in [-0.39, 0.29) is 0 Å². The summed E-state index contributed by atoms with van der Waals surface area (Å²) in [7, 11) is 0. The van der Waals surface area contributed by atoms with Crippen molar-refractivity contribution in [3.8, 4) is 0 Å². The van der Waals surface area contributed by atoms with Crippen LogP contribution in [0.15, 0.2) is 34.9 Å². The minimum Gasteiger partial charge on any atom is -0.361 e. The van der Waals surface area contributed by atoms with Gasteiger partial charge in [-0.3, -0.25) is 0 Å². The van der Waals surface area contributed by atoms with Crippen LogP contribution in [0.1, 0.15) is 10.4 Å². The SMILES string of the molecule is NCc1cnc(NCCc2ccc(Br)cc2)s1. The highest BCUT2D eigenvalue weighted by molar-refractivity contribution is 9.10. The number of rotatable bonds is 5. The highest BCUT2D eigenvalue weighted by Crippen LogP contribution is 2.17. The van der Waals surface area contributed by atoms with Gasteiger partial charge in [-0.15, -0.1) is 11.3 Å². The molecule has 0 bridgehead atoms. The van der Waals surface area contributed by atoms with Crippen molar-refractivity contribution in [2.75, 3.05) is 11.9 Å². The van der Waals surface area contributed by atoms with Gasteiger partial charge >= 0.3 is 0 Å². The lowest BCUT2D eigenvalue weighted by Crippen LogP contribution is -2.04. The zero-order valence-electron chi connectivity index (χ0n) is 9.32. The summed E-state index contributed by atoms with van der Waals surface area (Å²) in [5.41, 5.74) is 6.85. The molecule has 2 rings (SSSR count). The molecule has 0 aliphatic rings. The van der Waals surface area contributed by atoms with Crippen molar-refractivity contribution in [1.82, 2.24) is 4.98 Å². The van der Waals surface area contributed by atoms with Crippen molar-refractivity contribution < 1.29 is 0 Å². The highest BCUT2D eigenvalue weighted by Gasteiger charge is 1.99. The fraction of sp³-hybridized carbons (Fsp3) is 0.250. The Morgan fingerprint density at radius 3 is 2.71 bits per heavy atom. The monoisotopic (exact) mass is 311 g/mol. The van der Waals surface area contributed by atoms with Crippen LogP contribution in [0.4, 0.5) is 5.13 Å². The molecule has 5 heteroatoms. The maximum absolute atomic E-state index is 5.54. The summed E-state index contributed by atoms with van der Waals surface area (Å²) >= 11 is 5.04. The van der Waals surface area contributed by atoms with E-state index < -0.39 is 0 Å². The maximum atomic E-state index is 5.54. The van der Waals surface area contributed by atoms with Gasteiger partial charge in [-0.25, -0.2) is 4.98 Å². The van der Waals surface area contributed by atoms with E-state index >= 15 is 0 Å². The predicted octanol–water partition coefficient (Wildman–Crippen LogP) is 3.02. The van der Waals surface area contributed by atoms with Crippen LogP contribution >= 0.6 is 27.3 Å². The van der Waals surface area contributed by atoms with Gasteiger partial charge in [0.15, 0.2) is 5.13 Å². The maximum Gasteiger partial charge on any atom is 0.182 e. The van der Waals surface area contributed by atoms with E-state index in [2.05, 4.69) is 50.5 Å². The van der Waals surface area contributed by atoms with Crippen molar-refractivity contribution in [2.45, 2.75) is 13.0 Å². The minimum atomic E-state index is 0.562. The van der Waals surface area contributed by atoms with Crippen LogP contribution in [0, 0.1) is 0 Å². The van der Waals surface area contributed by atoms with Gasteiger partial charge in [0.05, 0.1) is 0 Å². The number of hydrogen-bond donors (Lipinski definition) is 2. The van der Waals surface area contributed by atoms with Gasteiger partial charge in [-0.1, -0.05) is 28.1 Å². The molecule has 17 heavy (non-hydrogen) atoms. The smallest absolute Gasteiger partial charge is 0.182 e. The minimum absolute atomic E-state index is 0.562. The summed E-state index contributed by atoms with van der Waals surface area (Å²) in [6.07, 6.45) is 2.82. The van der Waals surface area contributed by atoms with Crippen LogP contribution in [-0.2, 0) is 13.0 Å². The van der Waals surface area contributed by atoms with E-state index in [9.17, 15) is 0 Å². The Balaban J connectivity index is 1.81. The van der Waals surface area contributed by atoms with Crippen LogP contribution in [0.3, 0.4) is 0 Å². The summed E-state index contributed by atoms with van der Waals surface area (Å²) in [6.45, 7) is 1.45. The molecule has 0 atom stereocenters. The number of aromatic nitrogens is 1. The molecule has 2 aromatic rings. The first-order chi connectivity index (χ1) is 8.28. The molecule has 3 N–H and O–H groups in total. The van der Waals surface area contributed by atoms with E-state index in [1.807, 2.05) is 6.20 Å². The third-order valence-electron chi connectivity index (χ3n) is 2.36. The standard InChI is InChI=1S/C12H14BrN3S/c13-10-3-1-9(2-4-10)5-6-15-12-16-8-11(7-14)17-12/h1-4,8H,5-7,14H2,(H,15,16). The topological polar surface area (TPSA) is 50.9 Å². The molecule has 0 aliphatic heterocycles. The van der Waals surface area contributed by atoms with E-state index in [1.54, 1.807) is 11.3 Å². The van der Waals surface area contributed by atoms with E-state index in [1.165, 1.54) is 5.56 Å². The van der Waals surface area contributed by atoms with Gasteiger partial charge in [0, 0.05) is 28.6 Å². The van der Waals surface area contributed by atoms with Crippen LogP contribution in [-0.4, -0.2) is 11.5 Å². The average Bonchev–Trinajstić information content (AvgIpc) is 2.80. The molecular weight excluding hydrogens is 298 g/mol. The average molecular weight is 312 g/mol. The highest BCUT2D eigenvalue weighted by atomic mass is 79.9. The third-order valence-corrected chi connectivity index (χ3v) is 3.86. The molecule has 0 radical (unpaired) electrons. The first-order valence-corrected chi connectivity index (χ1v) is 7.02. The lowest BCUT2D eigenvalue weighted by Gasteiger charge is -2.03. The van der Waals surface area contributed by atoms with Gasteiger partial charge < -0.3 is 11.1 Å². The van der Waals surface area contributed by atoms with Crippen LogP contribution in [0.25, 0.3) is 0 Å². The fourth-order valence-electron chi connectivity index (χ4n) is 1.45. The molecular formula is C12H14BrN3S. The van der Waals surface area contributed by atoms with Crippen LogP contribution in [0.2, 0.25) is 0 Å². The second-order valence-electron chi connectivity index (χ2n) is 3.64. The molecule has 0 spiro atoms. The molecule has 0 fully saturated rings. The Labute approximate surface area is 113 Å². The lowest BCUT2D eigenvalue weighted by atomic mass is 10.1. The largest absolute Gasteiger partial charge is 0.361 e. The predicted molar refractivity (Wildman–Crippen MR) is 76.3 cm³/mol. The Bertz CT molecular complexity index is 467. The van der Waals surface area contributed by atoms with Crippen LogP contribution < -0.4 is 11.1 Å². The quantitative estimate of drug-likeness (QED) is 0.892. The van der Waals surface area contributed by atoms with Crippen molar-refractivity contribution >= 4 is 32.4 Å². The molecule has 1 heterocycles. The van der Waals surface area contributed by atoms with Crippen molar-refractivity contribution in [3.05, 3.63) is 45.4 Å². The molecule has 0 unspecified atom stereocenters. The van der Waals surface area contributed by atoms with Gasteiger partial charge in [0.2, 0.25) is 0 Å². The molecule has 1 aromatic carbocycles. The number of thiazole rings is 1. The molecule has 1 aromatic heterocycles. The third kappa shape index (κ3) is 3.80. The summed E-state index contributed by atoms with van der Waals surface area (Å²) < 4.78 is 1.11. The Morgan fingerprint density at radius 2 is 2.06 bits per heavy atom. The molecule has 90 valence electrons. The normalized spacial score (nSPS) is 10.5. The summed E-state index contributed by atoms with van der Waals surface area (Å²) in [6, 6.07) is 8.37. The zero-order chi connectivity index (χ0) is 12.1. The summed E-state index contributed by atoms with van der Waals surface area (Å²) in [4.78, 5) is 5.36. The first-order valence-electron chi connectivity index (χ1n) is 5.41. The van der Waals surface area contributed by atoms with Crippen LogP contribution in [0.5, 0.6) is 0 Å². The number of halogens is 1. The van der Waals surface area contributed by atoms with E-state index in [0.717, 1.165) is 27.4 Å². The molecule has 0 saturated heterocycles. The van der Waals surface area contributed by atoms with Gasteiger partial charge in [-0.2, -0.15) is 0 Å². The summed E-state index contributed by atoms with van der Waals surface area (Å²) in [5, 5.41) is 4.25. The number of nitrogens with zero attached hydrogens (tertiary/aromatic N) is 1. The molecule has 0 saturated carbocycles. The summed E-state index contributed by atoms with van der Waals surface area (Å²) in [5.74, 6) is 0. The zero-order valence-corrected chi connectivity index (χ0v) is 11.7. The van der Waals surface area contributed by atoms with Gasteiger partial charge in [0.25, 0.3) is 0 Å². The number of nitrogens with one attached hydrogen (secondary N) is 1. The number of benzene rings is 1. The van der Waals surface area contributed by atoms with Crippen molar-refractivity contribution in [2.24, 2.45) is 5.73 Å².